The summed E-state index contributed by atoms with van der Waals surface area (Å²) < 4.78 is 5.72. The summed E-state index contributed by atoms with van der Waals surface area (Å²) in [6.45, 7) is 0. The predicted octanol–water partition coefficient (Wildman–Crippen LogP) is 2.24. The fourth-order valence-corrected chi connectivity index (χ4v) is 1.38. The third-order valence-corrected chi connectivity index (χ3v) is 2.12. The van der Waals surface area contributed by atoms with E-state index in [0.717, 1.165) is 17.9 Å². The van der Waals surface area contributed by atoms with E-state index in [0.29, 0.717) is 0 Å². The number of benzene rings is 1. The molecule has 2 N–H and O–H groups in total. The molecular formula is C12H13NO. The molecule has 1 aromatic rings. The van der Waals surface area contributed by atoms with Crippen molar-refractivity contribution in [3.05, 3.63) is 54.3 Å². The van der Waals surface area contributed by atoms with E-state index in [1.165, 1.54) is 0 Å². The zero-order chi connectivity index (χ0) is 9.80. The molecule has 0 heterocycles. The van der Waals surface area contributed by atoms with Gasteiger partial charge in [-0.05, 0) is 24.3 Å². The van der Waals surface area contributed by atoms with Crippen molar-refractivity contribution in [2.45, 2.75) is 12.5 Å². The van der Waals surface area contributed by atoms with Gasteiger partial charge in [0.1, 0.15) is 11.9 Å². The molecular weight excluding hydrogens is 174 g/mol. The van der Waals surface area contributed by atoms with Crippen LogP contribution in [0.2, 0.25) is 0 Å². The van der Waals surface area contributed by atoms with E-state index in [2.05, 4.69) is 0 Å². The summed E-state index contributed by atoms with van der Waals surface area (Å²) in [7, 11) is 0. The van der Waals surface area contributed by atoms with Gasteiger partial charge in [-0.15, -0.1) is 0 Å². The van der Waals surface area contributed by atoms with Crippen molar-refractivity contribution in [2.24, 2.45) is 5.73 Å². The zero-order valence-electron chi connectivity index (χ0n) is 7.89. The first-order valence-electron chi connectivity index (χ1n) is 4.70. The molecule has 2 nitrogen and oxygen atoms in total. The van der Waals surface area contributed by atoms with Crippen LogP contribution in [0.4, 0.5) is 0 Å². The van der Waals surface area contributed by atoms with Gasteiger partial charge in [0.25, 0.3) is 0 Å². The Bertz CT molecular complexity index is 354. The number of para-hydroxylation sites is 1. The second kappa shape index (κ2) is 4.01. The lowest BCUT2D eigenvalue weighted by atomic mass is 10.1. The highest BCUT2D eigenvalue weighted by molar-refractivity contribution is 5.25. The number of hydrogen-bond acceptors (Lipinski definition) is 2. The van der Waals surface area contributed by atoms with Crippen LogP contribution in [-0.2, 0) is 0 Å². The van der Waals surface area contributed by atoms with E-state index in [9.17, 15) is 0 Å². The van der Waals surface area contributed by atoms with Crippen molar-refractivity contribution in [3.8, 4) is 5.75 Å². The summed E-state index contributed by atoms with van der Waals surface area (Å²) in [4.78, 5) is 0. The molecule has 0 aromatic heterocycles. The Kier molecular flexibility index (Phi) is 2.54. The van der Waals surface area contributed by atoms with E-state index < -0.39 is 0 Å². The van der Waals surface area contributed by atoms with Crippen LogP contribution in [0.15, 0.2) is 54.3 Å². The van der Waals surface area contributed by atoms with Crippen LogP contribution in [0.25, 0.3) is 0 Å². The number of hydrogen-bond donors (Lipinski definition) is 1. The van der Waals surface area contributed by atoms with Gasteiger partial charge in [0.15, 0.2) is 0 Å². The summed E-state index contributed by atoms with van der Waals surface area (Å²) in [5.41, 5.74) is 6.43. The van der Waals surface area contributed by atoms with Crippen molar-refractivity contribution < 1.29 is 4.74 Å². The van der Waals surface area contributed by atoms with Crippen LogP contribution < -0.4 is 10.5 Å². The normalized spacial score (nSPS) is 20.3. The van der Waals surface area contributed by atoms with Gasteiger partial charge in [0.2, 0.25) is 0 Å². The molecule has 0 unspecified atom stereocenters. The molecule has 1 aliphatic carbocycles. The third-order valence-electron chi connectivity index (χ3n) is 2.12. The number of ether oxygens (including phenoxy) is 1. The van der Waals surface area contributed by atoms with Crippen LogP contribution in [-0.4, -0.2) is 6.10 Å². The highest BCUT2D eigenvalue weighted by atomic mass is 16.5. The molecule has 0 fully saturated rings. The smallest absolute Gasteiger partial charge is 0.121 e. The lowest BCUT2D eigenvalue weighted by Gasteiger charge is -2.16. The molecule has 1 atom stereocenters. The van der Waals surface area contributed by atoms with Gasteiger partial charge in [0.05, 0.1) is 0 Å². The quantitative estimate of drug-likeness (QED) is 0.770. The molecule has 1 aromatic carbocycles. The average molecular weight is 187 g/mol. The zero-order valence-corrected chi connectivity index (χ0v) is 7.89. The average Bonchev–Trinajstić information content (AvgIpc) is 2.23. The van der Waals surface area contributed by atoms with Crippen LogP contribution in [0.3, 0.4) is 0 Å². The molecule has 0 bridgehead atoms. The van der Waals surface area contributed by atoms with Crippen LogP contribution in [0.1, 0.15) is 6.42 Å². The minimum Gasteiger partial charge on any atom is -0.486 e. The summed E-state index contributed by atoms with van der Waals surface area (Å²) in [6, 6.07) is 9.81. The first kappa shape index (κ1) is 8.88. The van der Waals surface area contributed by atoms with Crippen LogP contribution >= 0.6 is 0 Å². The summed E-state index contributed by atoms with van der Waals surface area (Å²) in [5, 5.41) is 0. The van der Waals surface area contributed by atoms with E-state index >= 15 is 0 Å². The molecule has 2 rings (SSSR count). The SMILES string of the molecule is NC1=CC[C@@H](Oc2ccccc2)C=C1. The molecule has 0 aliphatic heterocycles. The molecule has 0 saturated heterocycles. The van der Waals surface area contributed by atoms with Crippen LogP contribution in [0, 0.1) is 0 Å². The van der Waals surface area contributed by atoms with E-state index in [1.807, 2.05) is 48.6 Å². The van der Waals surface area contributed by atoms with Crippen molar-refractivity contribution in [3.63, 3.8) is 0 Å². The summed E-state index contributed by atoms with van der Waals surface area (Å²) in [6.07, 6.45) is 6.81. The maximum atomic E-state index is 5.72. The lowest BCUT2D eigenvalue weighted by molar-refractivity contribution is 0.251. The monoisotopic (exact) mass is 187 g/mol. The minimum absolute atomic E-state index is 0.115. The summed E-state index contributed by atoms with van der Waals surface area (Å²) >= 11 is 0. The number of allylic oxidation sites excluding steroid dienone is 1. The van der Waals surface area contributed by atoms with E-state index in [-0.39, 0.29) is 6.10 Å². The maximum Gasteiger partial charge on any atom is 0.121 e. The Balaban J connectivity index is 1.98. The second-order valence-electron chi connectivity index (χ2n) is 3.27. The van der Waals surface area contributed by atoms with Crippen molar-refractivity contribution in [1.82, 2.24) is 0 Å². The van der Waals surface area contributed by atoms with Crippen molar-refractivity contribution in [2.75, 3.05) is 0 Å². The first-order chi connectivity index (χ1) is 6.84. The third kappa shape index (κ3) is 2.16. The van der Waals surface area contributed by atoms with E-state index in [1.54, 1.807) is 0 Å². The van der Waals surface area contributed by atoms with Gasteiger partial charge in [-0.25, -0.2) is 0 Å². The Morgan fingerprint density at radius 1 is 1.21 bits per heavy atom. The molecule has 2 heteroatoms. The van der Waals surface area contributed by atoms with E-state index in [4.69, 9.17) is 10.5 Å². The second-order valence-corrected chi connectivity index (χ2v) is 3.27. The number of nitrogens with two attached hydrogens (primary N) is 1. The lowest BCUT2D eigenvalue weighted by Crippen LogP contribution is -2.16. The largest absolute Gasteiger partial charge is 0.486 e. The van der Waals surface area contributed by atoms with Gasteiger partial charge >= 0.3 is 0 Å². The molecule has 0 amide bonds. The molecule has 72 valence electrons. The predicted molar refractivity (Wildman–Crippen MR) is 56.9 cm³/mol. The number of rotatable bonds is 2. The van der Waals surface area contributed by atoms with Crippen molar-refractivity contribution in [1.29, 1.82) is 0 Å². The highest BCUT2D eigenvalue weighted by Crippen LogP contribution is 2.16. The van der Waals surface area contributed by atoms with Gasteiger partial charge in [-0.1, -0.05) is 24.3 Å². The molecule has 14 heavy (non-hydrogen) atoms. The highest BCUT2D eigenvalue weighted by Gasteiger charge is 2.08. The van der Waals surface area contributed by atoms with Gasteiger partial charge in [-0.3, -0.25) is 0 Å². The molecule has 1 aliphatic rings. The maximum absolute atomic E-state index is 5.72. The molecule has 0 saturated carbocycles. The fourth-order valence-electron chi connectivity index (χ4n) is 1.38. The Morgan fingerprint density at radius 3 is 2.64 bits per heavy atom. The standard InChI is InChI=1S/C12H13NO/c13-10-6-8-12(9-7-10)14-11-4-2-1-3-5-11/h1-8,12H,9,13H2/t12-/m0/s1. The Morgan fingerprint density at radius 2 is 2.00 bits per heavy atom. The van der Waals surface area contributed by atoms with Gasteiger partial charge in [0, 0.05) is 12.1 Å². The molecule has 0 radical (unpaired) electrons. The summed E-state index contributed by atoms with van der Waals surface area (Å²) in [5.74, 6) is 0.899. The first-order valence-corrected chi connectivity index (χ1v) is 4.70. The minimum atomic E-state index is 0.115. The van der Waals surface area contributed by atoms with Crippen molar-refractivity contribution >= 4 is 0 Å². The Labute approximate surface area is 83.7 Å². The topological polar surface area (TPSA) is 35.2 Å². The van der Waals surface area contributed by atoms with Crippen LogP contribution in [0.5, 0.6) is 5.75 Å². The fraction of sp³-hybridized carbons (Fsp3) is 0.167. The Hall–Kier alpha value is -1.70. The van der Waals surface area contributed by atoms with Gasteiger partial charge in [-0.2, -0.15) is 0 Å². The molecule has 0 spiro atoms. The van der Waals surface area contributed by atoms with Gasteiger partial charge < -0.3 is 10.5 Å².